The van der Waals surface area contributed by atoms with Gasteiger partial charge in [-0.2, -0.15) is 0 Å². The molecule has 1 aliphatic rings. The number of benzene rings is 5. The number of ketones is 1. The van der Waals surface area contributed by atoms with Crippen LogP contribution in [0.2, 0.25) is 0 Å². The maximum absolute atomic E-state index is 14.7. The van der Waals surface area contributed by atoms with E-state index in [0.29, 0.717) is 28.0 Å². The molecule has 0 aliphatic carbocycles. The van der Waals surface area contributed by atoms with Gasteiger partial charge in [-0.15, -0.1) is 10.2 Å². The summed E-state index contributed by atoms with van der Waals surface area (Å²) in [6, 6.07) is 33.6. The highest BCUT2D eigenvalue weighted by molar-refractivity contribution is 8.00. The fraction of sp³-hybridized carbons (Fsp3) is 0.105. The average Bonchev–Trinajstić information content (AvgIpc) is 3.71. The standard InChI is InChI=1S/C38H28FN3O5S2/c1-46-31-19-16-26(20-30(31)39)34(43)32-33(25-14-17-28(18-15-25)47-21-23-8-3-2-4-9-23)42(36(45)35(32)44)37-40-41-38(49-37)48-22-27-12-7-11-24-10-5-6-13-29(24)27/h2-20,33,43H,21-22H2,1H3/b34-32-. The third-order valence-corrected chi connectivity index (χ3v) is 10.3. The number of anilines is 1. The molecule has 2 heterocycles. The van der Waals surface area contributed by atoms with E-state index in [4.69, 9.17) is 9.47 Å². The number of aliphatic hydroxyl groups excluding tert-OH is 1. The first kappa shape index (κ1) is 32.0. The number of rotatable bonds is 10. The molecular weight excluding hydrogens is 662 g/mol. The van der Waals surface area contributed by atoms with Crippen molar-refractivity contribution in [3.8, 4) is 11.5 Å². The number of ether oxygens (including phenoxy) is 2. The molecule has 8 nitrogen and oxygen atoms in total. The van der Waals surface area contributed by atoms with Crippen LogP contribution in [0.3, 0.4) is 0 Å². The van der Waals surface area contributed by atoms with Crippen LogP contribution in [0.5, 0.6) is 11.5 Å². The summed E-state index contributed by atoms with van der Waals surface area (Å²) in [5.74, 6) is -1.89. The van der Waals surface area contributed by atoms with Gasteiger partial charge in [-0.1, -0.05) is 108 Å². The molecule has 5 aromatic carbocycles. The number of Topliss-reactive ketones (excluding diaryl/α,β-unsaturated/α-hetero) is 1. The van der Waals surface area contributed by atoms with Crippen molar-refractivity contribution >= 4 is 56.5 Å². The van der Waals surface area contributed by atoms with Crippen molar-refractivity contribution in [2.45, 2.75) is 22.7 Å². The van der Waals surface area contributed by atoms with Crippen LogP contribution < -0.4 is 14.4 Å². The number of amides is 1. The molecule has 49 heavy (non-hydrogen) atoms. The Balaban J connectivity index is 1.22. The van der Waals surface area contributed by atoms with Gasteiger partial charge in [-0.25, -0.2) is 4.39 Å². The number of aliphatic hydroxyl groups is 1. The number of methoxy groups -OCH3 is 1. The summed E-state index contributed by atoms with van der Waals surface area (Å²) in [5.41, 5.74) is 2.46. The van der Waals surface area contributed by atoms with Crippen molar-refractivity contribution in [3.05, 3.63) is 149 Å². The lowest BCUT2D eigenvalue weighted by atomic mass is 9.95. The lowest BCUT2D eigenvalue weighted by Gasteiger charge is -2.22. The minimum atomic E-state index is -1.07. The third-order valence-electron chi connectivity index (χ3n) is 8.15. The number of nitrogens with zero attached hydrogens (tertiary/aromatic N) is 3. The molecule has 1 aromatic heterocycles. The Morgan fingerprint density at radius 2 is 1.67 bits per heavy atom. The molecule has 1 amide bonds. The molecule has 0 bridgehead atoms. The molecule has 1 fully saturated rings. The van der Waals surface area contributed by atoms with Gasteiger partial charge >= 0.3 is 5.91 Å². The number of thioether (sulfide) groups is 1. The Hall–Kier alpha value is -5.52. The second-order valence-corrected chi connectivity index (χ2v) is 13.3. The summed E-state index contributed by atoms with van der Waals surface area (Å²) >= 11 is 2.65. The predicted molar refractivity (Wildman–Crippen MR) is 188 cm³/mol. The quantitative estimate of drug-likeness (QED) is 0.0504. The molecule has 1 unspecified atom stereocenters. The molecule has 1 N–H and O–H groups in total. The van der Waals surface area contributed by atoms with Crippen molar-refractivity contribution in [2.75, 3.05) is 12.0 Å². The molecule has 0 saturated carbocycles. The number of aromatic nitrogens is 2. The van der Waals surface area contributed by atoms with Crippen LogP contribution in [0.25, 0.3) is 16.5 Å². The summed E-state index contributed by atoms with van der Waals surface area (Å²) in [4.78, 5) is 28.6. The van der Waals surface area contributed by atoms with Gasteiger partial charge in [0.1, 0.15) is 18.1 Å². The summed E-state index contributed by atoms with van der Waals surface area (Å²) in [5, 5.41) is 22.6. The van der Waals surface area contributed by atoms with E-state index in [1.54, 1.807) is 24.3 Å². The van der Waals surface area contributed by atoms with E-state index < -0.39 is 29.3 Å². The van der Waals surface area contributed by atoms with Crippen molar-refractivity contribution in [3.63, 3.8) is 0 Å². The zero-order valence-corrected chi connectivity index (χ0v) is 27.7. The first-order chi connectivity index (χ1) is 23.9. The van der Waals surface area contributed by atoms with Gasteiger partial charge in [-0.05, 0) is 57.8 Å². The van der Waals surface area contributed by atoms with Crippen LogP contribution in [0.4, 0.5) is 9.52 Å². The van der Waals surface area contributed by atoms with E-state index >= 15 is 0 Å². The Bertz CT molecular complexity index is 2200. The number of hydrogen-bond acceptors (Lipinski definition) is 9. The molecule has 6 aromatic rings. The van der Waals surface area contributed by atoms with E-state index in [0.717, 1.165) is 28.0 Å². The Kier molecular flexibility index (Phi) is 9.10. The topological polar surface area (TPSA) is 102 Å². The Morgan fingerprint density at radius 1 is 0.918 bits per heavy atom. The van der Waals surface area contributed by atoms with Crippen LogP contribution in [-0.2, 0) is 21.9 Å². The first-order valence-corrected chi connectivity index (χ1v) is 17.1. The fourth-order valence-electron chi connectivity index (χ4n) is 5.72. The van der Waals surface area contributed by atoms with E-state index in [1.807, 2.05) is 48.5 Å². The Labute approximate surface area is 289 Å². The fourth-order valence-corrected chi connectivity index (χ4v) is 7.59. The van der Waals surface area contributed by atoms with Gasteiger partial charge in [0, 0.05) is 11.3 Å². The number of carbonyl (C=O) groups excluding carboxylic acids is 2. The zero-order valence-electron chi connectivity index (χ0n) is 26.1. The van der Waals surface area contributed by atoms with Crippen LogP contribution in [0.15, 0.2) is 125 Å². The van der Waals surface area contributed by atoms with E-state index in [-0.39, 0.29) is 22.0 Å². The number of hydrogen-bond donors (Lipinski definition) is 1. The van der Waals surface area contributed by atoms with Gasteiger partial charge in [0.15, 0.2) is 15.9 Å². The van der Waals surface area contributed by atoms with Crippen LogP contribution in [0, 0.1) is 5.82 Å². The van der Waals surface area contributed by atoms with Gasteiger partial charge < -0.3 is 14.6 Å². The van der Waals surface area contributed by atoms with Crippen molar-refractivity contribution in [1.82, 2.24) is 10.2 Å². The van der Waals surface area contributed by atoms with Crippen LogP contribution in [0.1, 0.15) is 28.3 Å². The maximum Gasteiger partial charge on any atom is 0.301 e. The molecular formula is C38H28FN3O5S2. The monoisotopic (exact) mass is 689 g/mol. The van der Waals surface area contributed by atoms with Gasteiger partial charge in [0.05, 0.1) is 18.7 Å². The van der Waals surface area contributed by atoms with Gasteiger partial charge in [0.2, 0.25) is 5.13 Å². The van der Waals surface area contributed by atoms with Gasteiger partial charge in [0.25, 0.3) is 5.78 Å². The lowest BCUT2D eigenvalue weighted by molar-refractivity contribution is -0.132. The molecule has 11 heteroatoms. The highest BCUT2D eigenvalue weighted by Crippen LogP contribution is 2.44. The second kappa shape index (κ2) is 13.9. The third kappa shape index (κ3) is 6.50. The van der Waals surface area contributed by atoms with E-state index in [9.17, 15) is 19.1 Å². The number of fused-ring (bicyclic) bond motifs is 1. The minimum absolute atomic E-state index is 0.0210. The molecule has 1 saturated heterocycles. The molecule has 244 valence electrons. The highest BCUT2D eigenvalue weighted by atomic mass is 32.2. The van der Waals surface area contributed by atoms with Crippen molar-refractivity contribution < 1.29 is 28.6 Å². The molecule has 7 rings (SSSR count). The van der Waals surface area contributed by atoms with Gasteiger partial charge in [-0.3, -0.25) is 14.5 Å². The normalized spacial score (nSPS) is 15.6. The summed E-state index contributed by atoms with van der Waals surface area (Å²) in [6.45, 7) is 0.353. The second-order valence-electron chi connectivity index (χ2n) is 11.1. The predicted octanol–water partition coefficient (Wildman–Crippen LogP) is 8.34. The minimum Gasteiger partial charge on any atom is -0.507 e. The largest absolute Gasteiger partial charge is 0.507 e. The molecule has 1 atom stereocenters. The number of carbonyl (C=O) groups is 2. The molecule has 1 aliphatic heterocycles. The van der Waals surface area contributed by atoms with Crippen LogP contribution >= 0.6 is 23.1 Å². The average molecular weight is 690 g/mol. The number of halogens is 1. The van der Waals surface area contributed by atoms with Crippen LogP contribution in [-0.4, -0.2) is 34.1 Å². The Morgan fingerprint density at radius 3 is 2.45 bits per heavy atom. The first-order valence-electron chi connectivity index (χ1n) is 15.3. The zero-order chi connectivity index (χ0) is 33.9. The maximum atomic E-state index is 14.7. The smallest absolute Gasteiger partial charge is 0.301 e. The van der Waals surface area contributed by atoms with E-state index in [1.165, 1.54) is 47.2 Å². The summed E-state index contributed by atoms with van der Waals surface area (Å²) in [7, 11) is 1.33. The molecule has 0 spiro atoms. The summed E-state index contributed by atoms with van der Waals surface area (Å²) < 4.78 is 26.3. The highest BCUT2D eigenvalue weighted by Gasteiger charge is 2.48. The molecule has 0 radical (unpaired) electrons. The van der Waals surface area contributed by atoms with E-state index in [2.05, 4.69) is 34.5 Å². The SMILES string of the molecule is COc1ccc(/C(O)=C2/C(=O)C(=O)N(c3nnc(SCc4cccc5ccccc45)s3)C2c2ccc(OCc3ccccc3)cc2)cc1F. The van der Waals surface area contributed by atoms with Crippen molar-refractivity contribution in [2.24, 2.45) is 0 Å². The van der Waals surface area contributed by atoms with Crippen molar-refractivity contribution in [1.29, 1.82) is 0 Å². The lowest BCUT2D eigenvalue weighted by Crippen LogP contribution is -2.29. The summed E-state index contributed by atoms with van der Waals surface area (Å²) in [6.07, 6.45) is 0.